The fourth-order valence-electron chi connectivity index (χ4n) is 1.91. The number of amides is 1. The van der Waals surface area contributed by atoms with E-state index in [-0.39, 0.29) is 12.3 Å². The molecule has 0 spiro atoms. The lowest BCUT2D eigenvalue weighted by Gasteiger charge is -2.12. The summed E-state index contributed by atoms with van der Waals surface area (Å²) in [5.41, 5.74) is 0.736. The maximum atomic E-state index is 12.0. The monoisotopic (exact) mass is 378 g/mol. The maximum Gasteiger partial charge on any atom is 0.433 e. The molecule has 0 saturated heterocycles. The molecule has 0 aliphatic heterocycles. The smallest absolute Gasteiger partial charge is 0.433 e. The summed E-state index contributed by atoms with van der Waals surface area (Å²) in [4.78, 5) is 33.5. The standard InChI is InChI=1S/C17H15ClN2O6/c1-11(17(22)19-10-12-4-2-3-5-14(12)18)25-16(21)9-7-13-6-8-15(26-13)20(23)24/h2-9,11H,10H2,1H3,(H,19,22)/b9-7+/t11-/m0/s1. The van der Waals surface area contributed by atoms with Gasteiger partial charge in [0.2, 0.25) is 0 Å². The van der Waals surface area contributed by atoms with Gasteiger partial charge in [-0.2, -0.15) is 0 Å². The minimum absolute atomic E-state index is 0.115. The van der Waals surface area contributed by atoms with Crippen LogP contribution in [-0.2, 0) is 20.9 Å². The molecule has 0 aliphatic carbocycles. The summed E-state index contributed by atoms with van der Waals surface area (Å²) in [6.07, 6.45) is 1.20. The van der Waals surface area contributed by atoms with E-state index in [4.69, 9.17) is 20.8 Å². The van der Waals surface area contributed by atoms with E-state index in [0.717, 1.165) is 17.7 Å². The van der Waals surface area contributed by atoms with E-state index in [1.807, 2.05) is 0 Å². The van der Waals surface area contributed by atoms with Gasteiger partial charge in [-0.05, 0) is 30.7 Å². The average Bonchev–Trinajstić information content (AvgIpc) is 3.08. The first-order chi connectivity index (χ1) is 12.4. The number of ether oxygens (including phenoxy) is 1. The number of rotatable bonds is 7. The zero-order valence-electron chi connectivity index (χ0n) is 13.7. The molecule has 0 fully saturated rings. The Balaban J connectivity index is 1.83. The molecule has 1 N–H and O–H groups in total. The summed E-state index contributed by atoms with van der Waals surface area (Å²) in [7, 11) is 0. The minimum Gasteiger partial charge on any atom is -0.449 e. The first kappa shape index (κ1) is 19.2. The predicted molar refractivity (Wildman–Crippen MR) is 93.2 cm³/mol. The number of hydrogen-bond donors (Lipinski definition) is 1. The zero-order valence-corrected chi connectivity index (χ0v) is 14.4. The molecule has 1 amide bonds. The minimum atomic E-state index is -1.03. The largest absolute Gasteiger partial charge is 0.449 e. The number of esters is 1. The van der Waals surface area contributed by atoms with Gasteiger partial charge in [0.05, 0.1) is 6.07 Å². The number of halogens is 1. The molecule has 1 heterocycles. The third-order valence-electron chi connectivity index (χ3n) is 3.25. The van der Waals surface area contributed by atoms with Crippen LogP contribution in [0.1, 0.15) is 18.2 Å². The van der Waals surface area contributed by atoms with Gasteiger partial charge < -0.3 is 14.5 Å². The highest BCUT2D eigenvalue weighted by Crippen LogP contribution is 2.17. The second-order valence-corrected chi connectivity index (χ2v) is 5.56. The van der Waals surface area contributed by atoms with Gasteiger partial charge in [0.15, 0.2) is 6.10 Å². The van der Waals surface area contributed by atoms with Crippen LogP contribution in [0.5, 0.6) is 0 Å². The fourth-order valence-corrected chi connectivity index (χ4v) is 2.12. The van der Waals surface area contributed by atoms with E-state index in [1.54, 1.807) is 24.3 Å². The third-order valence-corrected chi connectivity index (χ3v) is 3.62. The summed E-state index contributed by atoms with van der Waals surface area (Å²) in [5, 5.41) is 13.6. The number of furan rings is 1. The van der Waals surface area contributed by atoms with Crippen molar-refractivity contribution in [2.45, 2.75) is 19.6 Å². The molecule has 2 rings (SSSR count). The molecule has 0 radical (unpaired) electrons. The Morgan fingerprint density at radius 2 is 2.08 bits per heavy atom. The van der Waals surface area contributed by atoms with Crippen LogP contribution in [0.25, 0.3) is 6.08 Å². The van der Waals surface area contributed by atoms with Crippen LogP contribution in [0.2, 0.25) is 5.02 Å². The lowest BCUT2D eigenvalue weighted by molar-refractivity contribution is -0.402. The lowest BCUT2D eigenvalue weighted by Crippen LogP contribution is -2.35. The molecule has 0 aliphatic rings. The zero-order chi connectivity index (χ0) is 19.1. The van der Waals surface area contributed by atoms with Gasteiger partial charge in [-0.1, -0.05) is 29.8 Å². The van der Waals surface area contributed by atoms with Gasteiger partial charge in [-0.3, -0.25) is 14.9 Å². The second kappa shape index (κ2) is 8.82. The normalized spacial score (nSPS) is 11.9. The highest BCUT2D eigenvalue weighted by atomic mass is 35.5. The van der Waals surface area contributed by atoms with E-state index in [9.17, 15) is 19.7 Å². The lowest BCUT2D eigenvalue weighted by atomic mass is 10.2. The Morgan fingerprint density at radius 3 is 2.73 bits per heavy atom. The quantitative estimate of drug-likeness (QED) is 0.343. The molecule has 8 nitrogen and oxygen atoms in total. The van der Waals surface area contributed by atoms with Crippen molar-refractivity contribution in [2.24, 2.45) is 0 Å². The molecule has 2 aromatic rings. The molecule has 26 heavy (non-hydrogen) atoms. The fraction of sp³-hybridized carbons (Fsp3) is 0.176. The average molecular weight is 379 g/mol. The summed E-state index contributed by atoms with van der Waals surface area (Å²) < 4.78 is 9.82. The molecule has 1 aromatic heterocycles. The van der Waals surface area contributed by atoms with Gasteiger partial charge in [0, 0.05) is 17.6 Å². The van der Waals surface area contributed by atoms with Crippen LogP contribution < -0.4 is 5.32 Å². The number of hydrogen-bond acceptors (Lipinski definition) is 6. The molecule has 136 valence electrons. The highest BCUT2D eigenvalue weighted by molar-refractivity contribution is 6.31. The van der Waals surface area contributed by atoms with Crippen molar-refractivity contribution in [2.75, 3.05) is 0 Å². The number of carbonyl (C=O) groups is 2. The topological polar surface area (TPSA) is 112 Å². The van der Waals surface area contributed by atoms with E-state index in [1.165, 1.54) is 19.1 Å². The summed E-state index contributed by atoms with van der Waals surface area (Å²) in [6, 6.07) is 9.54. The molecule has 1 atom stereocenters. The van der Waals surface area contributed by atoms with E-state index in [2.05, 4.69) is 5.32 Å². The van der Waals surface area contributed by atoms with Crippen molar-refractivity contribution in [3.63, 3.8) is 0 Å². The number of nitro groups is 1. The highest BCUT2D eigenvalue weighted by Gasteiger charge is 2.17. The third kappa shape index (κ3) is 5.45. The van der Waals surface area contributed by atoms with Gasteiger partial charge in [0.25, 0.3) is 5.91 Å². The Bertz CT molecular complexity index is 845. The first-order valence-electron chi connectivity index (χ1n) is 7.51. The van der Waals surface area contributed by atoms with Crippen molar-refractivity contribution in [3.05, 3.63) is 68.9 Å². The van der Waals surface area contributed by atoms with E-state index < -0.39 is 28.8 Å². The molecule has 1 aromatic carbocycles. The van der Waals surface area contributed by atoms with Crippen LogP contribution in [0.4, 0.5) is 5.88 Å². The maximum absolute atomic E-state index is 12.0. The Morgan fingerprint density at radius 1 is 1.35 bits per heavy atom. The molecule has 0 saturated carbocycles. The van der Waals surface area contributed by atoms with Crippen LogP contribution in [0.3, 0.4) is 0 Å². The molecule has 0 bridgehead atoms. The molecule has 0 unspecified atom stereocenters. The summed E-state index contributed by atoms with van der Waals surface area (Å²) >= 11 is 6.00. The molecule has 9 heteroatoms. The van der Waals surface area contributed by atoms with Crippen molar-refractivity contribution < 1.29 is 23.7 Å². The Kier molecular flexibility index (Phi) is 6.51. The first-order valence-corrected chi connectivity index (χ1v) is 7.88. The predicted octanol–water partition coefficient (Wildman–Crippen LogP) is 3.10. The van der Waals surface area contributed by atoms with Gasteiger partial charge in [-0.15, -0.1) is 0 Å². The van der Waals surface area contributed by atoms with Crippen LogP contribution in [0, 0.1) is 10.1 Å². The summed E-state index contributed by atoms with van der Waals surface area (Å²) in [5.74, 6) is -1.60. The van der Waals surface area contributed by atoms with Gasteiger partial charge in [0.1, 0.15) is 10.7 Å². The number of nitrogens with zero attached hydrogens (tertiary/aromatic N) is 1. The number of carbonyl (C=O) groups excluding carboxylic acids is 2. The van der Waals surface area contributed by atoms with E-state index in [0.29, 0.717) is 5.02 Å². The van der Waals surface area contributed by atoms with Crippen molar-refractivity contribution in [1.29, 1.82) is 0 Å². The molecular formula is C17H15ClN2O6. The van der Waals surface area contributed by atoms with Crippen molar-refractivity contribution in [3.8, 4) is 0 Å². The summed E-state index contributed by atoms with van der Waals surface area (Å²) in [6.45, 7) is 1.62. The number of nitrogens with one attached hydrogen (secondary N) is 1. The van der Waals surface area contributed by atoms with Crippen LogP contribution in [-0.4, -0.2) is 22.9 Å². The van der Waals surface area contributed by atoms with Crippen LogP contribution in [0.15, 0.2) is 46.9 Å². The van der Waals surface area contributed by atoms with Crippen molar-refractivity contribution in [1.82, 2.24) is 5.32 Å². The van der Waals surface area contributed by atoms with Gasteiger partial charge >= 0.3 is 11.9 Å². The molecular weight excluding hydrogens is 364 g/mol. The Hall–Kier alpha value is -3.13. The van der Waals surface area contributed by atoms with Gasteiger partial charge in [-0.25, -0.2) is 4.79 Å². The Labute approximate surface area is 153 Å². The van der Waals surface area contributed by atoms with Crippen LogP contribution >= 0.6 is 11.6 Å². The van der Waals surface area contributed by atoms with E-state index >= 15 is 0 Å². The SMILES string of the molecule is C[C@H](OC(=O)/C=C/c1ccc([N+](=O)[O-])o1)C(=O)NCc1ccccc1Cl. The number of benzene rings is 1. The second-order valence-electron chi connectivity index (χ2n) is 5.15. The van der Waals surface area contributed by atoms with Crippen molar-refractivity contribution >= 4 is 35.4 Å².